The summed E-state index contributed by atoms with van der Waals surface area (Å²) >= 11 is 0. The first-order chi connectivity index (χ1) is 17.7. The van der Waals surface area contributed by atoms with Gasteiger partial charge < -0.3 is 19.9 Å². The molecule has 6 nitrogen and oxygen atoms in total. The first-order valence-corrected chi connectivity index (χ1v) is 13.1. The van der Waals surface area contributed by atoms with Crippen molar-refractivity contribution in [3.05, 3.63) is 65.7 Å². The van der Waals surface area contributed by atoms with E-state index in [2.05, 4.69) is 27.1 Å². The van der Waals surface area contributed by atoms with Crippen LogP contribution < -0.4 is 10.1 Å². The molecular weight excluding hydrogens is 476 g/mol. The van der Waals surface area contributed by atoms with Crippen molar-refractivity contribution >= 4 is 11.8 Å². The molecule has 0 aromatic heterocycles. The van der Waals surface area contributed by atoms with Gasteiger partial charge in [-0.2, -0.15) is 8.78 Å². The molecule has 8 heteroatoms. The topological polar surface area (TPSA) is 61.9 Å². The zero-order valence-corrected chi connectivity index (χ0v) is 21.7. The molecule has 37 heavy (non-hydrogen) atoms. The molecule has 2 aliphatic heterocycles. The first kappa shape index (κ1) is 27.0. The van der Waals surface area contributed by atoms with Gasteiger partial charge in [-0.25, -0.2) is 0 Å². The van der Waals surface area contributed by atoms with Crippen molar-refractivity contribution in [2.24, 2.45) is 11.3 Å². The van der Waals surface area contributed by atoms with Crippen LogP contribution >= 0.6 is 0 Å². The van der Waals surface area contributed by atoms with E-state index < -0.39 is 6.61 Å². The molecule has 2 aromatic carbocycles. The highest BCUT2D eigenvalue weighted by molar-refractivity contribution is 5.79. The summed E-state index contributed by atoms with van der Waals surface area (Å²) in [4.78, 5) is 29.6. The van der Waals surface area contributed by atoms with Crippen LogP contribution in [0.3, 0.4) is 0 Å². The van der Waals surface area contributed by atoms with Crippen LogP contribution in [0.15, 0.2) is 54.6 Å². The summed E-state index contributed by atoms with van der Waals surface area (Å²) in [5.41, 5.74) is 2.02. The second-order valence-electron chi connectivity index (χ2n) is 10.7. The monoisotopic (exact) mass is 513 g/mol. The van der Waals surface area contributed by atoms with E-state index in [4.69, 9.17) is 0 Å². The fourth-order valence-electron chi connectivity index (χ4n) is 5.37. The van der Waals surface area contributed by atoms with Crippen molar-refractivity contribution in [1.29, 1.82) is 0 Å². The third-order valence-corrected chi connectivity index (χ3v) is 7.62. The lowest BCUT2D eigenvalue weighted by Gasteiger charge is -2.39. The molecule has 2 amide bonds. The van der Waals surface area contributed by atoms with E-state index in [-0.39, 0.29) is 34.9 Å². The van der Waals surface area contributed by atoms with Crippen LogP contribution in [0.25, 0.3) is 0 Å². The maximum absolute atomic E-state index is 12.8. The zero-order valence-electron chi connectivity index (χ0n) is 21.7. The lowest BCUT2D eigenvalue weighted by atomic mass is 9.77. The van der Waals surface area contributed by atoms with Gasteiger partial charge in [0.25, 0.3) is 0 Å². The predicted molar refractivity (Wildman–Crippen MR) is 138 cm³/mol. The quantitative estimate of drug-likeness (QED) is 0.486. The van der Waals surface area contributed by atoms with Crippen molar-refractivity contribution in [3.8, 4) is 5.75 Å². The van der Waals surface area contributed by atoms with Crippen LogP contribution in [0.2, 0.25) is 0 Å². The molecular formula is C29H37F2N3O3. The van der Waals surface area contributed by atoms with Crippen molar-refractivity contribution in [2.45, 2.75) is 58.7 Å². The minimum Gasteiger partial charge on any atom is -0.435 e. The fourth-order valence-corrected chi connectivity index (χ4v) is 5.37. The Kier molecular flexibility index (Phi) is 8.79. The Morgan fingerprint density at radius 1 is 1.05 bits per heavy atom. The van der Waals surface area contributed by atoms with Gasteiger partial charge in [-0.15, -0.1) is 0 Å². The number of carbonyl (C=O) groups is 2. The van der Waals surface area contributed by atoms with Gasteiger partial charge in [-0.05, 0) is 61.0 Å². The van der Waals surface area contributed by atoms with Crippen molar-refractivity contribution < 1.29 is 23.1 Å². The number of rotatable bonds is 10. The highest BCUT2D eigenvalue weighted by atomic mass is 19.3. The van der Waals surface area contributed by atoms with E-state index in [9.17, 15) is 18.4 Å². The molecule has 1 N–H and O–H groups in total. The van der Waals surface area contributed by atoms with E-state index in [0.29, 0.717) is 13.0 Å². The third kappa shape index (κ3) is 7.28. The molecule has 4 rings (SSSR count). The number of nitrogens with zero attached hydrogens (tertiary/aromatic N) is 2. The Morgan fingerprint density at radius 3 is 2.35 bits per heavy atom. The molecule has 0 saturated carbocycles. The Bertz CT molecular complexity index is 1040. The molecule has 0 bridgehead atoms. The van der Waals surface area contributed by atoms with Crippen LogP contribution in [0.4, 0.5) is 8.78 Å². The molecule has 2 aliphatic rings. The number of amides is 2. The normalized spacial score (nSPS) is 18.5. The summed E-state index contributed by atoms with van der Waals surface area (Å²) < 4.78 is 29.2. The van der Waals surface area contributed by atoms with E-state index in [0.717, 1.165) is 56.6 Å². The predicted octanol–water partition coefficient (Wildman–Crippen LogP) is 5.01. The van der Waals surface area contributed by atoms with Crippen LogP contribution in [0, 0.1) is 11.3 Å². The number of likely N-dealkylation sites (tertiary alicyclic amines) is 2. The third-order valence-electron chi connectivity index (χ3n) is 7.62. The van der Waals surface area contributed by atoms with Gasteiger partial charge in [-0.3, -0.25) is 9.59 Å². The van der Waals surface area contributed by atoms with Crippen LogP contribution in [-0.2, 0) is 16.1 Å². The molecule has 2 aromatic rings. The number of carbonyl (C=O) groups excluding carboxylic acids is 2. The van der Waals surface area contributed by atoms with Gasteiger partial charge in [0.05, 0.1) is 6.04 Å². The average molecular weight is 514 g/mol. The highest BCUT2D eigenvalue weighted by Gasteiger charge is 2.44. The maximum Gasteiger partial charge on any atom is 0.387 e. The number of halogens is 2. The van der Waals surface area contributed by atoms with Gasteiger partial charge in [-0.1, -0.05) is 56.3 Å². The molecule has 2 fully saturated rings. The zero-order chi connectivity index (χ0) is 26.4. The Labute approximate surface area is 218 Å². The first-order valence-electron chi connectivity index (χ1n) is 13.1. The minimum atomic E-state index is -2.85. The summed E-state index contributed by atoms with van der Waals surface area (Å²) in [5.74, 6) is 0.274. The van der Waals surface area contributed by atoms with Gasteiger partial charge >= 0.3 is 6.61 Å². The second-order valence-corrected chi connectivity index (χ2v) is 10.7. The van der Waals surface area contributed by atoms with Gasteiger partial charge in [0.15, 0.2) is 0 Å². The molecule has 2 saturated heterocycles. The fraction of sp³-hybridized carbons (Fsp3) is 0.517. The summed E-state index contributed by atoms with van der Waals surface area (Å²) in [6.45, 7) is 4.92. The second kappa shape index (κ2) is 12.0. The van der Waals surface area contributed by atoms with Crippen LogP contribution in [-0.4, -0.2) is 54.4 Å². The molecule has 200 valence electrons. The van der Waals surface area contributed by atoms with Gasteiger partial charge in [0.2, 0.25) is 11.8 Å². The van der Waals surface area contributed by atoms with Crippen molar-refractivity contribution in [2.75, 3.05) is 26.2 Å². The number of alkyl halides is 2. The number of piperidine rings is 1. The molecule has 2 heterocycles. The smallest absolute Gasteiger partial charge is 0.387 e. The number of hydrogen-bond acceptors (Lipinski definition) is 4. The van der Waals surface area contributed by atoms with E-state index in [1.165, 1.54) is 12.1 Å². The van der Waals surface area contributed by atoms with Crippen LogP contribution in [0.5, 0.6) is 5.75 Å². The lowest BCUT2D eigenvalue weighted by molar-refractivity contribution is -0.128. The number of benzene rings is 2. The van der Waals surface area contributed by atoms with Crippen molar-refractivity contribution in [3.63, 3.8) is 0 Å². The SMILES string of the molecule is CC(C)C(=O)NC(CCN1CCC2(CC1)CC(=O)N(Cc1ccc(OC(F)F)cc1)C2)c1ccccc1. The average Bonchev–Trinajstić information content (AvgIpc) is 3.18. The summed E-state index contributed by atoms with van der Waals surface area (Å²) in [7, 11) is 0. The number of ether oxygens (including phenoxy) is 1. The summed E-state index contributed by atoms with van der Waals surface area (Å²) in [6, 6.07) is 16.6. The van der Waals surface area contributed by atoms with E-state index >= 15 is 0 Å². The molecule has 0 radical (unpaired) electrons. The lowest BCUT2D eigenvalue weighted by Crippen LogP contribution is -2.43. The molecule has 1 unspecified atom stereocenters. The van der Waals surface area contributed by atoms with Gasteiger partial charge in [0, 0.05) is 32.0 Å². The Morgan fingerprint density at radius 2 is 1.73 bits per heavy atom. The van der Waals surface area contributed by atoms with Gasteiger partial charge in [0.1, 0.15) is 5.75 Å². The minimum absolute atomic E-state index is 0.00298. The van der Waals surface area contributed by atoms with E-state index in [1.54, 1.807) is 12.1 Å². The van der Waals surface area contributed by atoms with Crippen molar-refractivity contribution in [1.82, 2.24) is 15.1 Å². The Balaban J connectivity index is 1.28. The summed E-state index contributed by atoms with van der Waals surface area (Å²) in [5, 5.41) is 3.21. The van der Waals surface area contributed by atoms with Crippen LogP contribution in [0.1, 0.15) is 56.7 Å². The number of hydrogen-bond donors (Lipinski definition) is 1. The standard InChI is InChI=1S/C29H37F2N3O3/c1-21(2)27(36)32-25(23-6-4-3-5-7-23)12-15-33-16-13-29(14-17-33)18-26(35)34(20-29)19-22-8-10-24(11-9-22)37-28(30)31/h3-11,21,25,28H,12-20H2,1-2H3,(H,32,36). The summed E-state index contributed by atoms with van der Waals surface area (Å²) in [6.07, 6.45) is 3.33. The molecule has 0 aliphatic carbocycles. The largest absolute Gasteiger partial charge is 0.435 e. The highest BCUT2D eigenvalue weighted by Crippen LogP contribution is 2.41. The Hall–Kier alpha value is -3.00. The van der Waals surface area contributed by atoms with E-state index in [1.807, 2.05) is 36.9 Å². The maximum atomic E-state index is 12.8. The number of nitrogens with one attached hydrogen (secondary N) is 1. The molecule has 1 atom stereocenters. The molecule has 1 spiro atoms.